The molecule has 0 N–H and O–H groups in total. The number of ether oxygens (including phenoxy) is 1. The molecule has 0 bridgehead atoms. The number of pyridine rings is 1. The molecule has 6 heteroatoms. The lowest BCUT2D eigenvalue weighted by Crippen LogP contribution is -1.96. The van der Waals surface area contributed by atoms with Gasteiger partial charge in [0.2, 0.25) is 0 Å². The molecule has 0 aliphatic carbocycles. The summed E-state index contributed by atoms with van der Waals surface area (Å²) in [5, 5.41) is 3.95. The van der Waals surface area contributed by atoms with E-state index >= 15 is 0 Å². The van der Waals surface area contributed by atoms with Gasteiger partial charge in [-0.25, -0.2) is 4.98 Å². The molecular formula is C10H10N4O2. The lowest BCUT2D eigenvalue weighted by molar-refractivity contribution is 0.101. The summed E-state index contributed by atoms with van der Waals surface area (Å²) >= 11 is 0. The fourth-order valence-corrected chi connectivity index (χ4v) is 1.12. The highest BCUT2D eigenvalue weighted by molar-refractivity contribution is 5.92. The minimum absolute atomic E-state index is 0.0810. The number of Topliss-reactive ketones (excluding diaryl/α,β-unsaturated/α-hetero) is 1. The molecule has 0 aliphatic heterocycles. The number of hydrogen-bond acceptors (Lipinski definition) is 5. The monoisotopic (exact) mass is 218 g/mol. The first-order chi connectivity index (χ1) is 7.65. The van der Waals surface area contributed by atoms with Crippen LogP contribution in [-0.2, 0) is 7.05 Å². The van der Waals surface area contributed by atoms with Gasteiger partial charge in [0.1, 0.15) is 17.8 Å². The second-order valence-electron chi connectivity index (χ2n) is 3.24. The fourth-order valence-electron chi connectivity index (χ4n) is 1.12. The molecule has 0 aromatic carbocycles. The number of carbonyl (C=O) groups is 1. The van der Waals surface area contributed by atoms with Crippen molar-refractivity contribution in [3.63, 3.8) is 0 Å². The molecule has 2 heterocycles. The number of carbonyl (C=O) groups excluding carboxylic acids is 1. The Morgan fingerprint density at radius 2 is 2.19 bits per heavy atom. The van der Waals surface area contributed by atoms with Crippen molar-refractivity contribution in [1.82, 2.24) is 19.7 Å². The SMILES string of the molecule is CC(=O)c1ccc(Oc2ncn(C)n2)cn1. The highest BCUT2D eigenvalue weighted by Crippen LogP contribution is 2.15. The number of ketones is 1. The van der Waals surface area contributed by atoms with Crippen LogP contribution in [0.15, 0.2) is 24.7 Å². The Kier molecular flexibility index (Phi) is 2.63. The average molecular weight is 218 g/mol. The predicted octanol–water partition coefficient (Wildman–Crippen LogP) is 1.20. The van der Waals surface area contributed by atoms with E-state index in [4.69, 9.17) is 4.74 Å². The van der Waals surface area contributed by atoms with E-state index in [-0.39, 0.29) is 11.8 Å². The lowest BCUT2D eigenvalue weighted by Gasteiger charge is -2.00. The van der Waals surface area contributed by atoms with Crippen LogP contribution in [0.2, 0.25) is 0 Å². The van der Waals surface area contributed by atoms with E-state index in [9.17, 15) is 4.79 Å². The summed E-state index contributed by atoms with van der Waals surface area (Å²) < 4.78 is 6.85. The van der Waals surface area contributed by atoms with E-state index in [0.29, 0.717) is 11.4 Å². The number of nitrogens with zero attached hydrogens (tertiary/aromatic N) is 4. The quantitative estimate of drug-likeness (QED) is 0.724. The lowest BCUT2D eigenvalue weighted by atomic mass is 10.3. The molecule has 0 spiro atoms. The largest absolute Gasteiger partial charge is 0.422 e. The number of hydrogen-bond donors (Lipinski definition) is 0. The Hall–Kier alpha value is -2.24. The number of aryl methyl sites for hydroxylation is 1. The summed E-state index contributed by atoms with van der Waals surface area (Å²) in [5.74, 6) is 0.415. The molecule has 2 rings (SSSR count). The van der Waals surface area contributed by atoms with Gasteiger partial charge in [0.15, 0.2) is 5.78 Å². The number of aromatic nitrogens is 4. The second kappa shape index (κ2) is 4.09. The Labute approximate surface area is 91.9 Å². The maximum Gasteiger partial charge on any atom is 0.341 e. The van der Waals surface area contributed by atoms with Gasteiger partial charge in [-0.3, -0.25) is 9.48 Å². The molecule has 0 atom stereocenters. The van der Waals surface area contributed by atoms with Gasteiger partial charge in [-0.1, -0.05) is 0 Å². The zero-order valence-electron chi connectivity index (χ0n) is 8.91. The van der Waals surface area contributed by atoms with Crippen LogP contribution in [0.4, 0.5) is 0 Å². The highest BCUT2D eigenvalue weighted by Gasteiger charge is 2.04. The van der Waals surface area contributed by atoms with Crippen molar-refractivity contribution in [2.75, 3.05) is 0 Å². The van der Waals surface area contributed by atoms with Crippen LogP contribution in [0.25, 0.3) is 0 Å². The van der Waals surface area contributed by atoms with E-state index in [2.05, 4.69) is 15.1 Å². The third-order valence-corrected chi connectivity index (χ3v) is 1.88. The van der Waals surface area contributed by atoms with Crippen LogP contribution in [0.5, 0.6) is 11.8 Å². The summed E-state index contributed by atoms with van der Waals surface area (Å²) in [4.78, 5) is 18.8. The van der Waals surface area contributed by atoms with E-state index < -0.39 is 0 Å². The molecule has 16 heavy (non-hydrogen) atoms. The molecular weight excluding hydrogens is 208 g/mol. The summed E-state index contributed by atoms with van der Waals surface area (Å²) in [6.45, 7) is 1.46. The van der Waals surface area contributed by atoms with E-state index in [1.165, 1.54) is 24.1 Å². The standard InChI is InChI=1S/C10H10N4O2/c1-7(15)9-4-3-8(5-11-9)16-10-12-6-14(2)13-10/h3-6H,1-2H3. The van der Waals surface area contributed by atoms with Crippen molar-refractivity contribution >= 4 is 5.78 Å². The van der Waals surface area contributed by atoms with Crippen LogP contribution in [0.3, 0.4) is 0 Å². The van der Waals surface area contributed by atoms with Crippen LogP contribution in [-0.4, -0.2) is 25.5 Å². The molecule has 2 aromatic heterocycles. The Bertz CT molecular complexity index is 504. The zero-order chi connectivity index (χ0) is 11.5. The molecule has 2 aromatic rings. The van der Waals surface area contributed by atoms with Crippen molar-refractivity contribution < 1.29 is 9.53 Å². The molecule has 0 unspecified atom stereocenters. The van der Waals surface area contributed by atoms with Gasteiger partial charge in [-0.05, 0) is 12.1 Å². The van der Waals surface area contributed by atoms with Gasteiger partial charge in [0, 0.05) is 14.0 Å². The summed E-state index contributed by atoms with van der Waals surface area (Å²) in [6, 6.07) is 3.50. The normalized spacial score (nSPS) is 10.1. The highest BCUT2D eigenvalue weighted by atomic mass is 16.5. The topological polar surface area (TPSA) is 69.9 Å². The van der Waals surface area contributed by atoms with E-state index in [0.717, 1.165) is 0 Å². The van der Waals surface area contributed by atoms with Gasteiger partial charge in [0.05, 0.1) is 6.20 Å². The van der Waals surface area contributed by atoms with E-state index in [1.54, 1.807) is 19.2 Å². The van der Waals surface area contributed by atoms with Gasteiger partial charge < -0.3 is 4.74 Å². The van der Waals surface area contributed by atoms with Gasteiger partial charge in [0.25, 0.3) is 0 Å². The van der Waals surface area contributed by atoms with Crippen molar-refractivity contribution in [3.05, 3.63) is 30.4 Å². The minimum atomic E-state index is -0.0810. The third-order valence-electron chi connectivity index (χ3n) is 1.88. The smallest absolute Gasteiger partial charge is 0.341 e. The molecule has 0 amide bonds. The first-order valence-corrected chi connectivity index (χ1v) is 4.65. The average Bonchev–Trinajstić information content (AvgIpc) is 2.65. The van der Waals surface area contributed by atoms with Gasteiger partial charge >= 0.3 is 6.01 Å². The fraction of sp³-hybridized carbons (Fsp3) is 0.200. The summed E-state index contributed by atoms with van der Waals surface area (Å²) in [5.41, 5.74) is 0.404. The Morgan fingerprint density at radius 1 is 1.38 bits per heavy atom. The number of rotatable bonds is 3. The molecule has 0 saturated heterocycles. The summed E-state index contributed by atoms with van der Waals surface area (Å²) in [7, 11) is 1.75. The second-order valence-corrected chi connectivity index (χ2v) is 3.24. The first-order valence-electron chi connectivity index (χ1n) is 4.65. The summed E-state index contributed by atoms with van der Waals surface area (Å²) in [6.07, 6.45) is 3.00. The Morgan fingerprint density at radius 3 is 2.69 bits per heavy atom. The van der Waals surface area contributed by atoms with E-state index in [1.807, 2.05) is 0 Å². The van der Waals surface area contributed by atoms with Crippen LogP contribution < -0.4 is 4.74 Å². The predicted molar refractivity (Wildman–Crippen MR) is 55.3 cm³/mol. The van der Waals surface area contributed by atoms with Crippen molar-refractivity contribution in [3.8, 4) is 11.8 Å². The molecule has 0 radical (unpaired) electrons. The molecule has 0 aliphatic rings. The van der Waals surface area contributed by atoms with Gasteiger partial charge in [-0.15, -0.1) is 5.10 Å². The van der Waals surface area contributed by atoms with Crippen LogP contribution in [0.1, 0.15) is 17.4 Å². The molecule has 0 saturated carbocycles. The van der Waals surface area contributed by atoms with Crippen molar-refractivity contribution in [2.24, 2.45) is 7.05 Å². The van der Waals surface area contributed by atoms with Crippen LogP contribution in [0, 0.1) is 0 Å². The van der Waals surface area contributed by atoms with Crippen molar-refractivity contribution in [1.29, 1.82) is 0 Å². The van der Waals surface area contributed by atoms with Crippen molar-refractivity contribution in [2.45, 2.75) is 6.92 Å². The minimum Gasteiger partial charge on any atom is -0.422 e. The van der Waals surface area contributed by atoms with Crippen LogP contribution >= 0.6 is 0 Å². The molecule has 6 nitrogen and oxygen atoms in total. The Balaban J connectivity index is 2.14. The molecule has 82 valence electrons. The first kappa shape index (κ1) is 10.3. The maximum absolute atomic E-state index is 11.0. The third kappa shape index (κ3) is 2.22. The maximum atomic E-state index is 11.0. The zero-order valence-corrected chi connectivity index (χ0v) is 8.91. The van der Waals surface area contributed by atoms with Gasteiger partial charge in [-0.2, -0.15) is 4.98 Å². The molecule has 0 fully saturated rings.